The molecule has 6 nitrogen and oxygen atoms in total. The molecule has 0 bridgehead atoms. The molecule has 1 aliphatic carbocycles. The van der Waals surface area contributed by atoms with Gasteiger partial charge in [0, 0.05) is 24.6 Å². The van der Waals surface area contributed by atoms with E-state index in [2.05, 4.69) is 21.7 Å². The van der Waals surface area contributed by atoms with Crippen molar-refractivity contribution in [1.29, 1.82) is 0 Å². The van der Waals surface area contributed by atoms with Crippen LogP contribution in [0, 0.1) is 0 Å². The summed E-state index contributed by atoms with van der Waals surface area (Å²) < 4.78 is 13.9. The number of likely N-dealkylation sites (tertiary alicyclic amines) is 1. The lowest BCUT2D eigenvalue weighted by Crippen LogP contribution is -2.30. The molecule has 2 aromatic carbocycles. The molecule has 2 aliphatic heterocycles. The summed E-state index contributed by atoms with van der Waals surface area (Å²) in [5.41, 5.74) is 3.85. The highest BCUT2D eigenvalue weighted by atomic mass is 16.5. The van der Waals surface area contributed by atoms with E-state index in [4.69, 9.17) is 9.47 Å². The smallest absolute Gasteiger partial charge is 0.254 e. The molecule has 3 heterocycles. The number of nitrogens with zero attached hydrogens (tertiary/aromatic N) is 3. The Morgan fingerprint density at radius 1 is 0.967 bits per heavy atom. The van der Waals surface area contributed by atoms with Gasteiger partial charge in [0.25, 0.3) is 5.91 Å². The number of carbonyl (C=O) groups excluding carboxylic acids is 1. The topological polar surface area (TPSA) is 56.6 Å². The minimum absolute atomic E-state index is 0.0642. The van der Waals surface area contributed by atoms with Gasteiger partial charge in [-0.05, 0) is 61.6 Å². The Kier molecular flexibility index (Phi) is 4.18. The fraction of sp³-hybridized carbons (Fsp3) is 0.417. The number of fused-ring (bicyclic) bond motifs is 2. The van der Waals surface area contributed by atoms with Crippen molar-refractivity contribution in [3.05, 3.63) is 53.9 Å². The van der Waals surface area contributed by atoms with Gasteiger partial charge in [-0.1, -0.05) is 6.07 Å². The van der Waals surface area contributed by atoms with Crippen molar-refractivity contribution in [3.8, 4) is 11.5 Å². The van der Waals surface area contributed by atoms with E-state index in [0.29, 0.717) is 24.8 Å². The second-order valence-electron chi connectivity index (χ2n) is 8.50. The van der Waals surface area contributed by atoms with Crippen LogP contribution in [-0.4, -0.2) is 40.1 Å². The van der Waals surface area contributed by atoms with Crippen molar-refractivity contribution in [2.24, 2.45) is 0 Å². The highest BCUT2D eigenvalue weighted by molar-refractivity contribution is 5.97. The van der Waals surface area contributed by atoms with E-state index < -0.39 is 0 Å². The maximum Gasteiger partial charge on any atom is 0.254 e. The summed E-state index contributed by atoms with van der Waals surface area (Å²) in [5, 5.41) is 0. The Balaban J connectivity index is 1.28. The molecule has 1 atom stereocenters. The first kappa shape index (κ1) is 17.8. The molecule has 0 spiro atoms. The zero-order valence-electron chi connectivity index (χ0n) is 16.9. The summed E-state index contributed by atoms with van der Waals surface area (Å²) >= 11 is 0. The maximum atomic E-state index is 13.4. The van der Waals surface area contributed by atoms with Crippen LogP contribution < -0.4 is 9.47 Å². The zero-order chi connectivity index (χ0) is 20.1. The largest absolute Gasteiger partial charge is 0.490 e. The van der Waals surface area contributed by atoms with Crippen LogP contribution in [0.5, 0.6) is 11.5 Å². The van der Waals surface area contributed by atoms with E-state index in [9.17, 15) is 4.79 Å². The van der Waals surface area contributed by atoms with Gasteiger partial charge in [0.1, 0.15) is 0 Å². The lowest BCUT2D eigenvalue weighted by Gasteiger charge is -2.26. The predicted molar refractivity (Wildman–Crippen MR) is 113 cm³/mol. The summed E-state index contributed by atoms with van der Waals surface area (Å²) in [6, 6.07) is 12.7. The molecule has 0 unspecified atom stereocenters. The summed E-state index contributed by atoms with van der Waals surface area (Å²) in [6.07, 6.45) is 7.20. The molecule has 3 aromatic rings. The van der Waals surface area contributed by atoms with Crippen LogP contribution in [0.3, 0.4) is 0 Å². The highest BCUT2D eigenvalue weighted by Gasteiger charge is 2.32. The van der Waals surface area contributed by atoms with Crippen LogP contribution in [0.2, 0.25) is 0 Å². The number of aromatic nitrogens is 2. The van der Waals surface area contributed by atoms with Gasteiger partial charge in [0.05, 0.1) is 36.6 Å². The van der Waals surface area contributed by atoms with Gasteiger partial charge in [-0.2, -0.15) is 0 Å². The fourth-order valence-electron chi connectivity index (χ4n) is 4.72. The number of imidazole rings is 1. The number of carbonyl (C=O) groups is 1. The van der Waals surface area contributed by atoms with E-state index in [1.807, 2.05) is 35.5 Å². The van der Waals surface area contributed by atoms with Gasteiger partial charge in [0.2, 0.25) is 0 Å². The van der Waals surface area contributed by atoms with Crippen LogP contribution in [0.25, 0.3) is 11.0 Å². The Labute approximate surface area is 175 Å². The average Bonchev–Trinajstić information content (AvgIpc) is 3.42. The lowest BCUT2D eigenvalue weighted by molar-refractivity contribution is 0.0735. The fourth-order valence-corrected chi connectivity index (χ4v) is 4.72. The van der Waals surface area contributed by atoms with Crippen LogP contribution >= 0.6 is 0 Å². The third-order valence-electron chi connectivity index (χ3n) is 6.43. The van der Waals surface area contributed by atoms with Gasteiger partial charge in [-0.15, -0.1) is 0 Å². The normalized spacial score (nSPS) is 21.1. The van der Waals surface area contributed by atoms with E-state index in [1.165, 1.54) is 12.8 Å². The predicted octanol–water partition coefficient (Wildman–Crippen LogP) is 4.51. The van der Waals surface area contributed by atoms with Crippen LogP contribution in [0.1, 0.15) is 60.1 Å². The molecule has 154 valence electrons. The zero-order valence-corrected chi connectivity index (χ0v) is 16.9. The van der Waals surface area contributed by atoms with Gasteiger partial charge >= 0.3 is 0 Å². The molecule has 6 rings (SSSR count). The molecule has 1 saturated carbocycles. The Hall–Kier alpha value is -3.02. The molecule has 1 amide bonds. The third kappa shape index (κ3) is 3.02. The van der Waals surface area contributed by atoms with Crippen molar-refractivity contribution in [1.82, 2.24) is 14.5 Å². The molecular formula is C24H25N3O3. The van der Waals surface area contributed by atoms with E-state index in [1.54, 1.807) is 0 Å². The van der Waals surface area contributed by atoms with Gasteiger partial charge in [-0.3, -0.25) is 4.79 Å². The molecule has 2 fully saturated rings. The number of amides is 1. The summed E-state index contributed by atoms with van der Waals surface area (Å²) in [4.78, 5) is 20.0. The van der Waals surface area contributed by atoms with E-state index >= 15 is 0 Å². The molecule has 1 aromatic heterocycles. The maximum absolute atomic E-state index is 13.4. The Bertz CT molecular complexity index is 1120. The summed E-state index contributed by atoms with van der Waals surface area (Å²) in [6.45, 7) is 2.11. The van der Waals surface area contributed by atoms with Crippen molar-refractivity contribution in [2.45, 2.75) is 44.2 Å². The van der Waals surface area contributed by atoms with E-state index in [0.717, 1.165) is 53.9 Å². The number of rotatable bonds is 3. The number of hydrogen-bond donors (Lipinski definition) is 0. The van der Waals surface area contributed by atoms with Gasteiger partial charge in [-0.25, -0.2) is 4.98 Å². The van der Waals surface area contributed by atoms with Crippen molar-refractivity contribution in [2.75, 3.05) is 19.8 Å². The number of ether oxygens (including phenoxy) is 2. The molecule has 3 aliphatic rings. The SMILES string of the molecule is O=C(c1ccc2c(c1)ncn2C1CC1)N1CCC[C@@H]1c1ccc2c(c1)OCCCO2. The van der Waals surface area contributed by atoms with Crippen molar-refractivity contribution in [3.63, 3.8) is 0 Å². The van der Waals surface area contributed by atoms with Crippen molar-refractivity contribution < 1.29 is 14.3 Å². The highest BCUT2D eigenvalue weighted by Crippen LogP contribution is 2.39. The summed E-state index contributed by atoms with van der Waals surface area (Å²) in [7, 11) is 0. The first-order valence-electron chi connectivity index (χ1n) is 10.9. The van der Waals surface area contributed by atoms with Gasteiger partial charge in [0.15, 0.2) is 11.5 Å². The first-order chi connectivity index (χ1) is 14.8. The standard InChI is InChI=1S/C24H25N3O3/c28-24(17-4-8-21-19(13-17)25-15-27(21)18-6-7-18)26-10-1-3-20(26)16-5-9-22-23(14-16)30-12-2-11-29-22/h4-5,8-9,13-15,18,20H,1-3,6-7,10-12H2/t20-/m1/s1. The minimum atomic E-state index is 0.0642. The number of hydrogen-bond acceptors (Lipinski definition) is 4. The number of benzene rings is 2. The van der Waals surface area contributed by atoms with Crippen LogP contribution in [-0.2, 0) is 0 Å². The molecule has 30 heavy (non-hydrogen) atoms. The Morgan fingerprint density at radius 3 is 2.70 bits per heavy atom. The quantitative estimate of drug-likeness (QED) is 0.646. The van der Waals surface area contributed by atoms with E-state index in [-0.39, 0.29) is 11.9 Å². The van der Waals surface area contributed by atoms with Crippen LogP contribution in [0.4, 0.5) is 0 Å². The average molecular weight is 403 g/mol. The van der Waals surface area contributed by atoms with Crippen LogP contribution in [0.15, 0.2) is 42.7 Å². The first-order valence-corrected chi connectivity index (χ1v) is 10.9. The Morgan fingerprint density at radius 2 is 1.83 bits per heavy atom. The summed E-state index contributed by atoms with van der Waals surface area (Å²) in [5.74, 6) is 1.66. The molecule has 6 heteroatoms. The monoisotopic (exact) mass is 403 g/mol. The van der Waals surface area contributed by atoms with Gasteiger partial charge < -0.3 is 18.9 Å². The molecular weight excluding hydrogens is 378 g/mol. The van der Waals surface area contributed by atoms with Crippen molar-refractivity contribution >= 4 is 16.9 Å². The second-order valence-corrected chi connectivity index (χ2v) is 8.50. The molecule has 0 radical (unpaired) electrons. The third-order valence-corrected chi connectivity index (χ3v) is 6.43. The lowest BCUT2D eigenvalue weighted by atomic mass is 10.0. The second kappa shape index (κ2) is 7.04. The molecule has 1 saturated heterocycles. The molecule has 0 N–H and O–H groups in total. The minimum Gasteiger partial charge on any atom is -0.490 e.